The van der Waals surface area contributed by atoms with Crippen LogP contribution in [0, 0.1) is 0 Å². The molecule has 2 aromatic rings. The van der Waals surface area contributed by atoms with Gasteiger partial charge in [0.25, 0.3) is 0 Å². The molecule has 3 nitrogen and oxygen atoms in total. The number of fused-ring (bicyclic) bond motifs is 1. The molecule has 0 saturated heterocycles. The number of methoxy groups -OCH3 is 2. The van der Waals surface area contributed by atoms with Gasteiger partial charge in [-0.3, -0.25) is 0 Å². The Labute approximate surface area is 124 Å². The van der Waals surface area contributed by atoms with Gasteiger partial charge in [-0.05, 0) is 23.3 Å². The molecule has 0 aliphatic heterocycles. The van der Waals surface area contributed by atoms with Gasteiger partial charge < -0.3 is 14.6 Å². The molecule has 0 spiro atoms. The maximum Gasteiger partial charge on any atom is 0.145 e. The summed E-state index contributed by atoms with van der Waals surface area (Å²) in [7, 11) is 3.23. The van der Waals surface area contributed by atoms with E-state index in [-0.39, 0.29) is 0 Å². The predicted molar refractivity (Wildman–Crippen MR) is 82.1 cm³/mol. The Balaban J connectivity index is 2.03. The number of hydrogen-bond donors (Lipinski definition) is 1. The van der Waals surface area contributed by atoms with Gasteiger partial charge in [0.2, 0.25) is 0 Å². The lowest BCUT2D eigenvalue weighted by molar-refractivity contribution is -0.105. The summed E-state index contributed by atoms with van der Waals surface area (Å²) in [5.41, 5.74) is 1.96. The van der Waals surface area contributed by atoms with Crippen LogP contribution in [0.2, 0.25) is 0 Å². The van der Waals surface area contributed by atoms with E-state index in [4.69, 9.17) is 9.47 Å². The van der Waals surface area contributed by atoms with E-state index in [1.54, 1.807) is 14.2 Å². The van der Waals surface area contributed by atoms with Crippen LogP contribution in [0.25, 0.3) is 6.08 Å². The highest BCUT2D eigenvalue weighted by Gasteiger charge is 2.52. The average molecular weight is 282 g/mol. The van der Waals surface area contributed by atoms with Crippen molar-refractivity contribution in [3.8, 4) is 5.75 Å². The number of aliphatic hydroxyl groups excluding tert-OH is 1. The van der Waals surface area contributed by atoms with Gasteiger partial charge >= 0.3 is 0 Å². The van der Waals surface area contributed by atoms with E-state index in [0.717, 1.165) is 22.4 Å². The molecule has 0 heterocycles. The second-order valence-corrected chi connectivity index (χ2v) is 5.07. The quantitative estimate of drug-likeness (QED) is 0.935. The largest absolute Gasteiger partial charge is 0.496 e. The Kier molecular flexibility index (Phi) is 3.53. The molecule has 0 saturated carbocycles. The molecule has 0 fully saturated rings. The minimum Gasteiger partial charge on any atom is -0.496 e. The Hall–Kier alpha value is -2.10. The van der Waals surface area contributed by atoms with Crippen LogP contribution in [0.5, 0.6) is 5.75 Å². The van der Waals surface area contributed by atoms with Crippen molar-refractivity contribution in [3.63, 3.8) is 0 Å². The number of benzene rings is 2. The first-order valence-electron chi connectivity index (χ1n) is 6.88. The van der Waals surface area contributed by atoms with Crippen molar-refractivity contribution in [2.24, 2.45) is 0 Å². The Morgan fingerprint density at radius 3 is 2.48 bits per heavy atom. The molecule has 1 aliphatic carbocycles. The predicted octanol–water partition coefficient (Wildman–Crippen LogP) is 3.30. The summed E-state index contributed by atoms with van der Waals surface area (Å²) in [6.45, 7) is 0. The lowest BCUT2D eigenvalue weighted by Gasteiger charge is -2.46. The molecule has 0 bridgehead atoms. The first-order chi connectivity index (χ1) is 10.2. The van der Waals surface area contributed by atoms with Gasteiger partial charge in [-0.25, -0.2) is 0 Å². The van der Waals surface area contributed by atoms with Crippen LogP contribution in [0.15, 0.2) is 54.6 Å². The van der Waals surface area contributed by atoms with Crippen molar-refractivity contribution >= 4 is 6.08 Å². The summed E-state index contributed by atoms with van der Waals surface area (Å²) in [5.74, 6) is 0.734. The topological polar surface area (TPSA) is 38.7 Å². The van der Waals surface area contributed by atoms with Gasteiger partial charge in [-0.15, -0.1) is 0 Å². The highest BCUT2D eigenvalue weighted by Crippen LogP contribution is 2.55. The van der Waals surface area contributed by atoms with Crippen molar-refractivity contribution in [2.45, 2.75) is 11.7 Å². The third-order valence-electron chi connectivity index (χ3n) is 4.03. The van der Waals surface area contributed by atoms with Crippen molar-refractivity contribution in [1.82, 2.24) is 0 Å². The molecule has 0 aromatic heterocycles. The van der Waals surface area contributed by atoms with Crippen molar-refractivity contribution in [3.05, 3.63) is 71.3 Å². The number of rotatable bonds is 4. The number of aliphatic hydroxyl groups is 1. The minimum atomic E-state index is -0.849. The second kappa shape index (κ2) is 5.35. The molecule has 0 radical (unpaired) electrons. The molecule has 2 aromatic carbocycles. The molecule has 21 heavy (non-hydrogen) atoms. The van der Waals surface area contributed by atoms with Crippen LogP contribution in [-0.4, -0.2) is 19.3 Å². The van der Waals surface area contributed by atoms with Gasteiger partial charge in [-0.1, -0.05) is 48.5 Å². The lowest BCUT2D eigenvalue weighted by Crippen LogP contribution is -2.44. The number of hydrogen-bond acceptors (Lipinski definition) is 3. The van der Waals surface area contributed by atoms with Gasteiger partial charge in [0.05, 0.1) is 7.11 Å². The fraction of sp³-hybridized carbons (Fsp3) is 0.222. The third kappa shape index (κ3) is 2.06. The molecule has 3 heteroatoms. The van der Waals surface area contributed by atoms with E-state index in [0.29, 0.717) is 0 Å². The van der Waals surface area contributed by atoms with E-state index in [1.807, 2.05) is 60.7 Å². The molecule has 1 aliphatic rings. The third-order valence-corrected chi connectivity index (χ3v) is 4.03. The summed E-state index contributed by atoms with van der Waals surface area (Å²) >= 11 is 0. The highest BCUT2D eigenvalue weighted by atomic mass is 16.5. The molecular formula is C18H18O3. The van der Waals surface area contributed by atoms with Gasteiger partial charge in [0.15, 0.2) is 0 Å². The SMILES string of the molecule is COc1cccc2c1[C@@](/C=C/c1ccccc1)(OC)[C@H]2O. The Morgan fingerprint density at radius 2 is 1.81 bits per heavy atom. The fourth-order valence-electron chi connectivity index (χ4n) is 2.89. The Morgan fingerprint density at radius 1 is 1.05 bits per heavy atom. The minimum absolute atomic E-state index is 0.687. The van der Waals surface area contributed by atoms with Crippen molar-refractivity contribution < 1.29 is 14.6 Å². The first-order valence-corrected chi connectivity index (χ1v) is 6.88. The van der Waals surface area contributed by atoms with E-state index >= 15 is 0 Å². The zero-order valence-electron chi connectivity index (χ0n) is 12.1. The second-order valence-electron chi connectivity index (χ2n) is 5.07. The summed E-state index contributed by atoms with van der Waals surface area (Å²) in [6, 6.07) is 15.6. The summed E-state index contributed by atoms with van der Waals surface area (Å²) in [6.07, 6.45) is 3.17. The van der Waals surface area contributed by atoms with E-state index in [2.05, 4.69) is 0 Å². The van der Waals surface area contributed by atoms with E-state index in [9.17, 15) is 5.11 Å². The summed E-state index contributed by atoms with van der Waals surface area (Å²) < 4.78 is 11.1. The summed E-state index contributed by atoms with van der Waals surface area (Å²) in [5, 5.41) is 10.5. The van der Waals surface area contributed by atoms with Crippen LogP contribution in [0.3, 0.4) is 0 Å². The molecule has 3 rings (SSSR count). The Bertz CT molecular complexity index is 649. The fourth-order valence-corrected chi connectivity index (χ4v) is 2.89. The molecule has 0 amide bonds. The van der Waals surface area contributed by atoms with Crippen molar-refractivity contribution in [1.29, 1.82) is 0 Å². The first kappa shape index (κ1) is 13.9. The molecule has 0 unspecified atom stereocenters. The average Bonchev–Trinajstić information content (AvgIpc) is 2.56. The zero-order valence-corrected chi connectivity index (χ0v) is 12.1. The summed E-state index contributed by atoms with van der Waals surface area (Å²) in [4.78, 5) is 0. The van der Waals surface area contributed by atoms with Gasteiger partial charge in [-0.2, -0.15) is 0 Å². The maximum atomic E-state index is 10.5. The van der Waals surface area contributed by atoms with Crippen LogP contribution in [0.1, 0.15) is 22.8 Å². The standard InChI is InChI=1S/C18H18O3/c1-20-15-10-6-9-14-16(15)18(21-2,17(14)19)12-11-13-7-4-3-5-8-13/h3-12,17,19H,1-2H3/b12-11+/t17-,18+/m0/s1. The van der Waals surface area contributed by atoms with E-state index in [1.165, 1.54) is 0 Å². The molecule has 108 valence electrons. The number of ether oxygens (including phenoxy) is 2. The van der Waals surface area contributed by atoms with Crippen LogP contribution < -0.4 is 4.74 Å². The van der Waals surface area contributed by atoms with Crippen molar-refractivity contribution in [2.75, 3.05) is 14.2 Å². The van der Waals surface area contributed by atoms with E-state index < -0.39 is 11.7 Å². The molecular weight excluding hydrogens is 264 g/mol. The monoisotopic (exact) mass is 282 g/mol. The molecule has 1 N–H and O–H groups in total. The highest BCUT2D eigenvalue weighted by molar-refractivity contribution is 5.61. The lowest BCUT2D eigenvalue weighted by atomic mass is 9.69. The van der Waals surface area contributed by atoms with Crippen LogP contribution >= 0.6 is 0 Å². The normalized spacial score (nSPS) is 23.7. The van der Waals surface area contributed by atoms with Gasteiger partial charge in [0, 0.05) is 12.7 Å². The smallest absolute Gasteiger partial charge is 0.145 e. The molecule has 2 atom stereocenters. The zero-order chi connectivity index (χ0) is 14.9. The van der Waals surface area contributed by atoms with Crippen LogP contribution in [-0.2, 0) is 10.3 Å². The maximum absolute atomic E-state index is 10.5. The van der Waals surface area contributed by atoms with Gasteiger partial charge in [0.1, 0.15) is 17.5 Å². The van der Waals surface area contributed by atoms with Crippen LogP contribution in [0.4, 0.5) is 0 Å².